The number of hydrogen-bond donors (Lipinski definition) is 1. The van der Waals surface area contributed by atoms with Crippen LogP contribution in [0.15, 0.2) is 28.0 Å². The van der Waals surface area contributed by atoms with E-state index in [1.54, 1.807) is 18.2 Å². The summed E-state index contributed by atoms with van der Waals surface area (Å²) >= 11 is 0. The predicted octanol–water partition coefficient (Wildman–Crippen LogP) is 1.21. The minimum absolute atomic E-state index is 0.152. The average Bonchev–Trinajstić information content (AvgIpc) is 2.51. The van der Waals surface area contributed by atoms with E-state index in [-0.39, 0.29) is 22.8 Å². The second kappa shape index (κ2) is 3.92. The third kappa shape index (κ3) is 1.62. The highest BCUT2D eigenvalue weighted by atomic mass is 32.2. The third-order valence-electron chi connectivity index (χ3n) is 2.53. The van der Waals surface area contributed by atoms with E-state index < -0.39 is 9.84 Å². The maximum atomic E-state index is 12.0. The second-order valence-electron chi connectivity index (χ2n) is 3.49. The number of hydrogen-bond acceptors (Lipinski definition) is 4. The van der Waals surface area contributed by atoms with Gasteiger partial charge in [0.1, 0.15) is 5.75 Å². The zero-order valence-electron chi connectivity index (χ0n) is 8.80. The summed E-state index contributed by atoms with van der Waals surface area (Å²) in [5, 5.41) is 8.81. The van der Waals surface area contributed by atoms with E-state index in [0.29, 0.717) is 11.3 Å². The van der Waals surface area contributed by atoms with Crippen molar-refractivity contribution in [2.45, 2.75) is 11.3 Å². The lowest BCUT2D eigenvalue weighted by Gasteiger charge is -2.03. The molecule has 0 spiro atoms. The first-order valence-electron chi connectivity index (χ1n) is 4.84. The zero-order valence-corrected chi connectivity index (χ0v) is 9.62. The number of methoxy groups -OCH3 is 1. The van der Waals surface area contributed by atoms with Gasteiger partial charge in [-0.15, -0.1) is 0 Å². The third-order valence-corrected chi connectivity index (χ3v) is 4.49. The molecule has 1 N–H and O–H groups in total. The lowest BCUT2D eigenvalue weighted by Crippen LogP contribution is -2.02. The number of ether oxygens (including phenoxy) is 1. The van der Waals surface area contributed by atoms with Crippen molar-refractivity contribution in [1.82, 2.24) is 0 Å². The van der Waals surface area contributed by atoms with Crippen LogP contribution in [-0.2, 0) is 9.84 Å². The summed E-state index contributed by atoms with van der Waals surface area (Å²) < 4.78 is 28.9. The Bertz CT molecular complexity index is 543. The summed E-state index contributed by atoms with van der Waals surface area (Å²) in [7, 11) is -1.86. The molecule has 1 aromatic carbocycles. The summed E-state index contributed by atoms with van der Waals surface area (Å²) in [6.07, 6.45) is 1.74. The molecule has 5 heteroatoms. The van der Waals surface area contributed by atoms with Gasteiger partial charge in [0.05, 0.1) is 16.9 Å². The Kier molecular flexibility index (Phi) is 2.73. The van der Waals surface area contributed by atoms with Crippen LogP contribution in [0.4, 0.5) is 0 Å². The highest BCUT2D eigenvalue weighted by Crippen LogP contribution is 2.36. The standard InChI is InChI=1S/C11H12O4S/c1-15-9-2-3-11-8(6-9)7-10(4-5-12)16(11,13)14/h2-3,6-7,12H,4-5H2,1H3. The van der Waals surface area contributed by atoms with Gasteiger partial charge in [0.15, 0.2) is 0 Å². The molecule has 0 aromatic heterocycles. The number of aliphatic hydroxyl groups is 1. The summed E-state index contributed by atoms with van der Waals surface area (Å²) in [5.74, 6) is 0.621. The molecule has 4 nitrogen and oxygen atoms in total. The van der Waals surface area contributed by atoms with Crippen LogP contribution >= 0.6 is 0 Å². The molecule has 1 aliphatic rings. The molecule has 86 valence electrons. The summed E-state index contributed by atoms with van der Waals surface area (Å²) in [4.78, 5) is 0.551. The van der Waals surface area contributed by atoms with Crippen LogP contribution in [0.1, 0.15) is 12.0 Å². The molecule has 0 amide bonds. The van der Waals surface area contributed by atoms with Crippen LogP contribution in [0, 0.1) is 0 Å². The number of rotatable bonds is 3. The maximum Gasteiger partial charge on any atom is 0.203 e. The van der Waals surface area contributed by atoms with Gasteiger partial charge in [-0.2, -0.15) is 0 Å². The van der Waals surface area contributed by atoms with Crippen LogP contribution in [-0.4, -0.2) is 27.2 Å². The largest absolute Gasteiger partial charge is 0.497 e. The first-order valence-corrected chi connectivity index (χ1v) is 6.32. The van der Waals surface area contributed by atoms with Crippen LogP contribution in [0.3, 0.4) is 0 Å². The van der Waals surface area contributed by atoms with Crippen molar-refractivity contribution in [3.05, 3.63) is 28.7 Å². The molecule has 1 aromatic rings. The van der Waals surface area contributed by atoms with Crippen LogP contribution in [0.2, 0.25) is 0 Å². The molecule has 0 bridgehead atoms. The van der Waals surface area contributed by atoms with E-state index in [1.165, 1.54) is 13.2 Å². The van der Waals surface area contributed by atoms with Gasteiger partial charge < -0.3 is 9.84 Å². The van der Waals surface area contributed by atoms with Crippen molar-refractivity contribution in [2.24, 2.45) is 0 Å². The number of fused-ring (bicyclic) bond motifs is 1. The van der Waals surface area contributed by atoms with E-state index in [2.05, 4.69) is 0 Å². The van der Waals surface area contributed by atoms with Crippen LogP contribution in [0.25, 0.3) is 6.08 Å². The molecular weight excluding hydrogens is 228 g/mol. The summed E-state index contributed by atoms with van der Waals surface area (Å²) in [6.45, 7) is -0.170. The van der Waals surface area contributed by atoms with Gasteiger partial charge in [-0.1, -0.05) is 0 Å². The molecule has 0 saturated heterocycles. The van der Waals surface area contributed by atoms with Gasteiger partial charge in [-0.25, -0.2) is 8.42 Å². The molecule has 0 atom stereocenters. The first kappa shape index (κ1) is 11.2. The Balaban J connectivity index is 2.54. The monoisotopic (exact) mass is 240 g/mol. The first-order chi connectivity index (χ1) is 7.59. The molecule has 0 aliphatic carbocycles. The fourth-order valence-corrected chi connectivity index (χ4v) is 3.32. The fraction of sp³-hybridized carbons (Fsp3) is 0.273. The van der Waals surface area contributed by atoms with Crippen molar-refractivity contribution in [3.8, 4) is 5.75 Å². The normalized spacial score (nSPS) is 16.8. The van der Waals surface area contributed by atoms with Gasteiger partial charge in [-0.3, -0.25) is 0 Å². The van der Waals surface area contributed by atoms with E-state index in [0.717, 1.165) is 0 Å². The Morgan fingerprint density at radius 1 is 1.38 bits per heavy atom. The SMILES string of the molecule is COc1ccc2c(c1)C=C(CCO)S2(=O)=O. The van der Waals surface area contributed by atoms with Gasteiger partial charge in [0, 0.05) is 13.0 Å². The molecule has 0 saturated carbocycles. The molecule has 0 unspecified atom stereocenters. The Morgan fingerprint density at radius 2 is 2.12 bits per heavy atom. The minimum atomic E-state index is -3.39. The van der Waals surface area contributed by atoms with Crippen LogP contribution in [0.5, 0.6) is 5.75 Å². The van der Waals surface area contributed by atoms with E-state index in [1.807, 2.05) is 0 Å². The molecular formula is C11H12O4S. The molecule has 16 heavy (non-hydrogen) atoms. The molecule has 1 aliphatic heterocycles. The Morgan fingerprint density at radius 3 is 2.75 bits per heavy atom. The predicted molar refractivity (Wildman–Crippen MR) is 59.9 cm³/mol. The lowest BCUT2D eigenvalue weighted by molar-refractivity contribution is 0.301. The molecule has 2 rings (SSSR count). The number of aliphatic hydroxyl groups excluding tert-OH is 1. The van der Waals surface area contributed by atoms with E-state index in [4.69, 9.17) is 9.84 Å². The van der Waals surface area contributed by atoms with Crippen molar-refractivity contribution in [1.29, 1.82) is 0 Å². The Labute approximate surface area is 94.1 Å². The second-order valence-corrected chi connectivity index (χ2v) is 5.46. The highest BCUT2D eigenvalue weighted by molar-refractivity contribution is 7.95. The van der Waals surface area contributed by atoms with E-state index in [9.17, 15) is 8.42 Å². The summed E-state index contributed by atoms with van der Waals surface area (Å²) in [5.41, 5.74) is 0.628. The number of sulfone groups is 1. The Hall–Kier alpha value is -1.33. The average molecular weight is 240 g/mol. The molecule has 0 fully saturated rings. The van der Waals surface area contributed by atoms with Gasteiger partial charge in [0.25, 0.3) is 0 Å². The van der Waals surface area contributed by atoms with Crippen molar-refractivity contribution < 1.29 is 18.3 Å². The minimum Gasteiger partial charge on any atom is -0.497 e. The van der Waals surface area contributed by atoms with Crippen molar-refractivity contribution >= 4 is 15.9 Å². The maximum absolute atomic E-state index is 12.0. The number of benzene rings is 1. The smallest absolute Gasteiger partial charge is 0.203 e. The van der Waals surface area contributed by atoms with Crippen molar-refractivity contribution in [3.63, 3.8) is 0 Å². The van der Waals surface area contributed by atoms with Crippen LogP contribution < -0.4 is 4.74 Å². The summed E-state index contributed by atoms with van der Waals surface area (Å²) in [6, 6.07) is 4.83. The fourth-order valence-electron chi connectivity index (χ4n) is 1.72. The van der Waals surface area contributed by atoms with Gasteiger partial charge in [0.2, 0.25) is 9.84 Å². The molecule has 1 heterocycles. The van der Waals surface area contributed by atoms with Gasteiger partial charge >= 0.3 is 0 Å². The van der Waals surface area contributed by atoms with Gasteiger partial charge in [-0.05, 0) is 29.8 Å². The zero-order chi connectivity index (χ0) is 11.8. The lowest BCUT2D eigenvalue weighted by atomic mass is 10.2. The van der Waals surface area contributed by atoms with Crippen molar-refractivity contribution in [2.75, 3.05) is 13.7 Å². The topological polar surface area (TPSA) is 63.6 Å². The quantitative estimate of drug-likeness (QED) is 0.862. The van der Waals surface area contributed by atoms with E-state index >= 15 is 0 Å². The highest BCUT2D eigenvalue weighted by Gasteiger charge is 2.28. The molecule has 0 radical (unpaired) electrons.